The molecule has 0 aromatic rings. The summed E-state index contributed by atoms with van der Waals surface area (Å²) < 4.78 is 0. The zero-order valence-corrected chi connectivity index (χ0v) is 9.90. The monoisotopic (exact) mass is 228 g/mol. The predicted molar refractivity (Wildman–Crippen MR) is 60.2 cm³/mol. The maximum absolute atomic E-state index is 11.8. The van der Waals surface area contributed by atoms with E-state index in [9.17, 15) is 9.59 Å². The van der Waals surface area contributed by atoms with Crippen molar-refractivity contribution in [1.29, 1.82) is 0 Å². The summed E-state index contributed by atoms with van der Waals surface area (Å²) in [7, 11) is 0. The molecule has 1 saturated heterocycles. The largest absolute Gasteiger partial charge is 0.481 e. The molecule has 92 valence electrons. The van der Waals surface area contributed by atoms with Gasteiger partial charge in [-0.15, -0.1) is 0 Å². The second-order valence-corrected chi connectivity index (χ2v) is 4.43. The fraction of sp³-hybridized carbons (Fsp3) is 0.818. The minimum absolute atomic E-state index is 0.0219. The fourth-order valence-corrected chi connectivity index (χ4v) is 2.16. The maximum Gasteiger partial charge on any atom is 0.317 e. The first-order valence-corrected chi connectivity index (χ1v) is 5.80. The van der Waals surface area contributed by atoms with Gasteiger partial charge in [-0.2, -0.15) is 0 Å². The minimum atomic E-state index is -0.887. The highest BCUT2D eigenvalue weighted by atomic mass is 16.4. The number of hydrogen-bond acceptors (Lipinski definition) is 2. The maximum atomic E-state index is 11.8. The SMILES string of the molecule is CCC1CC(C)CN1C(=O)NCCC(=O)O. The Hall–Kier alpha value is -1.26. The summed E-state index contributed by atoms with van der Waals surface area (Å²) in [5, 5.41) is 11.1. The van der Waals surface area contributed by atoms with E-state index >= 15 is 0 Å². The van der Waals surface area contributed by atoms with E-state index in [1.807, 2.05) is 4.90 Å². The standard InChI is InChI=1S/C11H20N2O3/c1-3-9-6-8(2)7-13(9)11(16)12-5-4-10(14)15/h8-9H,3-7H2,1-2H3,(H,12,16)(H,14,15). The molecular weight excluding hydrogens is 208 g/mol. The summed E-state index contributed by atoms with van der Waals surface area (Å²) >= 11 is 0. The summed E-state index contributed by atoms with van der Waals surface area (Å²) in [5.74, 6) is -0.350. The van der Waals surface area contributed by atoms with Crippen LogP contribution in [0.5, 0.6) is 0 Å². The van der Waals surface area contributed by atoms with Crippen molar-refractivity contribution in [3.63, 3.8) is 0 Å². The van der Waals surface area contributed by atoms with Gasteiger partial charge in [-0.3, -0.25) is 4.79 Å². The molecule has 1 fully saturated rings. The van der Waals surface area contributed by atoms with Gasteiger partial charge in [-0.25, -0.2) is 4.79 Å². The molecule has 2 amide bonds. The van der Waals surface area contributed by atoms with Crippen LogP contribution in [-0.2, 0) is 4.79 Å². The normalized spacial score (nSPS) is 24.5. The van der Waals surface area contributed by atoms with Gasteiger partial charge in [0.05, 0.1) is 6.42 Å². The molecule has 1 aliphatic heterocycles. The predicted octanol–water partition coefficient (Wildman–Crippen LogP) is 1.29. The number of carbonyl (C=O) groups excluding carboxylic acids is 1. The average molecular weight is 228 g/mol. The van der Waals surface area contributed by atoms with Crippen LogP contribution in [0.2, 0.25) is 0 Å². The third-order valence-corrected chi connectivity index (χ3v) is 2.97. The van der Waals surface area contributed by atoms with Crippen LogP contribution in [0, 0.1) is 5.92 Å². The van der Waals surface area contributed by atoms with Gasteiger partial charge in [0.25, 0.3) is 0 Å². The van der Waals surface area contributed by atoms with Crippen LogP contribution in [0.3, 0.4) is 0 Å². The number of carbonyl (C=O) groups is 2. The fourth-order valence-electron chi connectivity index (χ4n) is 2.16. The minimum Gasteiger partial charge on any atom is -0.481 e. The lowest BCUT2D eigenvalue weighted by molar-refractivity contribution is -0.136. The number of carboxylic acids is 1. The molecule has 1 aliphatic rings. The Bertz CT molecular complexity index is 268. The third-order valence-electron chi connectivity index (χ3n) is 2.97. The number of hydrogen-bond donors (Lipinski definition) is 2. The first-order chi connectivity index (χ1) is 7.54. The molecule has 5 heteroatoms. The number of aliphatic carboxylic acids is 1. The Labute approximate surface area is 95.8 Å². The average Bonchev–Trinajstić information content (AvgIpc) is 2.59. The van der Waals surface area contributed by atoms with Crippen LogP contribution in [0.4, 0.5) is 4.79 Å². The van der Waals surface area contributed by atoms with E-state index in [1.165, 1.54) is 0 Å². The summed E-state index contributed by atoms with van der Waals surface area (Å²) in [6, 6.07) is 0.178. The molecule has 2 atom stereocenters. The number of amides is 2. The van der Waals surface area contributed by atoms with Gasteiger partial charge in [0.1, 0.15) is 0 Å². The summed E-state index contributed by atoms with van der Waals surface area (Å²) in [5.41, 5.74) is 0. The highest BCUT2D eigenvalue weighted by Crippen LogP contribution is 2.24. The van der Waals surface area contributed by atoms with Gasteiger partial charge < -0.3 is 15.3 Å². The van der Waals surface area contributed by atoms with Crippen LogP contribution in [-0.4, -0.2) is 41.1 Å². The molecule has 0 spiro atoms. The van der Waals surface area contributed by atoms with Crippen LogP contribution in [0.25, 0.3) is 0 Å². The number of carboxylic acid groups (broad SMARTS) is 1. The van der Waals surface area contributed by atoms with Crippen molar-refractivity contribution in [3.05, 3.63) is 0 Å². The number of urea groups is 1. The van der Waals surface area contributed by atoms with E-state index in [-0.39, 0.29) is 19.0 Å². The van der Waals surface area contributed by atoms with Gasteiger partial charge in [0.2, 0.25) is 0 Å². The first-order valence-electron chi connectivity index (χ1n) is 5.80. The van der Waals surface area contributed by atoms with Gasteiger partial charge in [-0.1, -0.05) is 13.8 Å². The molecule has 2 unspecified atom stereocenters. The van der Waals surface area contributed by atoms with Gasteiger partial charge in [0, 0.05) is 19.1 Å². The van der Waals surface area contributed by atoms with E-state index in [0.717, 1.165) is 19.4 Å². The molecule has 0 aliphatic carbocycles. The van der Waals surface area contributed by atoms with E-state index in [0.29, 0.717) is 12.0 Å². The first kappa shape index (κ1) is 12.8. The molecule has 0 radical (unpaired) electrons. The third kappa shape index (κ3) is 3.40. The lowest BCUT2D eigenvalue weighted by atomic mass is 10.1. The molecule has 0 aromatic carbocycles. The second-order valence-electron chi connectivity index (χ2n) is 4.43. The Morgan fingerprint density at radius 1 is 1.50 bits per heavy atom. The van der Waals surface area contributed by atoms with Crippen molar-refractivity contribution in [3.8, 4) is 0 Å². The van der Waals surface area contributed by atoms with Crippen molar-refractivity contribution in [1.82, 2.24) is 10.2 Å². The van der Waals surface area contributed by atoms with E-state index in [2.05, 4.69) is 19.2 Å². The topological polar surface area (TPSA) is 69.6 Å². The second kappa shape index (κ2) is 5.72. The number of nitrogens with zero attached hydrogens (tertiary/aromatic N) is 1. The quantitative estimate of drug-likeness (QED) is 0.761. The van der Waals surface area contributed by atoms with Crippen LogP contribution in [0.15, 0.2) is 0 Å². The Balaban J connectivity index is 2.38. The zero-order chi connectivity index (χ0) is 12.1. The van der Waals surface area contributed by atoms with Crippen LogP contribution >= 0.6 is 0 Å². The molecule has 1 heterocycles. The summed E-state index contributed by atoms with van der Waals surface area (Å²) in [4.78, 5) is 23.9. The Morgan fingerprint density at radius 3 is 2.75 bits per heavy atom. The van der Waals surface area contributed by atoms with Gasteiger partial charge >= 0.3 is 12.0 Å². The zero-order valence-electron chi connectivity index (χ0n) is 9.90. The lowest BCUT2D eigenvalue weighted by Gasteiger charge is -2.23. The summed E-state index contributed by atoms with van der Waals surface area (Å²) in [6.07, 6.45) is 1.98. The Kier molecular flexibility index (Phi) is 4.58. The molecule has 0 bridgehead atoms. The molecule has 0 saturated carbocycles. The summed E-state index contributed by atoms with van der Waals surface area (Å²) in [6.45, 7) is 5.18. The number of nitrogens with one attached hydrogen (secondary N) is 1. The molecule has 5 nitrogen and oxygen atoms in total. The molecule has 2 N–H and O–H groups in total. The molecule has 16 heavy (non-hydrogen) atoms. The van der Waals surface area contributed by atoms with Crippen molar-refractivity contribution in [2.75, 3.05) is 13.1 Å². The number of rotatable bonds is 4. The van der Waals surface area contributed by atoms with Gasteiger partial charge in [0.15, 0.2) is 0 Å². The highest BCUT2D eigenvalue weighted by Gasteiger charge is 2.31. The Morgan fingerprint density at radius 2 is 2.19 bits per heavy atom. The molecule has 0 aromatic heterocycles. The molecule has 1 rings (SSSR count). The van der Waals surface area contributed by atoms with Crippen LogP contribution < -0.4 is 5.32 Å². The highest BCUT2D eigenvalue weighted by molar-refractivity contribution is 5.75. The van der Waals surface area contributed by atoms with Crippen molar-refractivity contribution >= 4 is 12.0 Å². The lowest BCUT2D eigenvalue weighted by Crippen LogP contribution is -2.43. The van der Waals surface area contributed by atoms with Crippen molar-refractivity contribution < 1.29 is 14.7 Å². The number of likely N-dealkylation sites (tertiary alicyclic amines) is 1. The van der Waals surface area contributed by atoms with Gasteiger partial charge in [-0.05, 0) is 18.8 Å². The van der Waals surface area contributed by atoms with Crippen molar-refractivity contribution in [2.24, 2.45) is 5.92 Å². The van der Waals surface area contributed by atoms with E-state index in [4.69, 9.17) is 5.11 Å². The smallest absolute Gasteiger partial charge is 0.317 e. The van der Waals surface area contributed by atoms with E-state index in [1.54, 1.807) is 0 Å². The molecular formula is C11H20N2O3. The van der Waals surface area contributed by atoms with Crippen molar-refractivity contribution in [2.45, 2.75) is 39.2 Å². The van der Waals surface area contributed by atoms with Crippen LogP contribution in [0.1, 0.15) is 33.1 Å². The van der Waals surface area contributed by atoms with E-state index < -0.39 is 5.97 Å².